The van der Waals surface area contributed by atoms with E-state index in [9.17, 15) is 9.59 Å². The van der Waals surface area contributed by atoms with Gasteiger partial charge >= 0.3 is 0 Å². The molecule has 1 heterocycles. The number of hydrogen-bond acceptors (Lipinski definition) is 3. The first-order valence-electron chi connectivity index (χ1n) is 8.27. The fraction of sp³-hybridized carbons (Fsp3) is 0.875. The summed E-state index contributed by atoms with van der Waals surface area (Å²) in [4.78, 5) is 27.0. The molecule has 3 unspecified atom stereocenters. The number of rotatable bonds is 6. The molecular formula is C16H28N2O3. The van der Waals surface area contributed by atoms with Crippen molar-refractivity contribution >= 4 is 11.8 Å². The Morgan fingerprint density at radius 1 is 1.29 bits per heavy atom. The Balaban J connectivity index is 2.11. The lowest BCUT2D eigenvalue weighted by atomic mass is 9.83. The summed E-state index contributed by atoms with van der Waals surface area (Å²) in [6, 6.07) is -0.515. The zero-order valence-corrected chi connectivity index (χ0v) is 13.6. The predicted octanol–water partition coefficient (Wildman–Crippen LogP) is 1.71. The molecule has 1 aliphatic heterocycles. The van der Waals surface area contributed by atoms with Crippen LogP contribution in [0, 0.1) is 5.92 Å². The quantitative estimate of drug-likeness (QED) is 0.811. The Kier molecular flexibility index (Phi) is 5.25. The molecule has 0 aromatic heterocycles. The van der Waals surface area contributed by atoms with Crippen molar-refractivity contribution < 1.29 is 14.3 Å². The van der Waals surface area contributed by atoms with Crippen molar-refractivity contribution in [3.8, 4) is 0 Å². The molecule has 5 nitrogen and oxygen atoms in total. The van der Waals surface area contributed by atoms with Crippen LogP contribution in [-0.2, 0) is 14.3 Å². The van der Waals surface area contributed by atoms with Crippen molar-refractivity contribution in [1.82, 2.24) is 10.2 Å². The van der Waals surface area contributed by atoms with Gasteiger partial charge in [0.1, 0.15) is 12.1 Å². The van der Waals surface area contributed by atoms with Crippen LogP contribution < -0.4 is 5.32 Å². The molecule has 0 aromatic rings. The van der Waals surface area contributed by atoms with Crippen molar-refractivity contribution in [2.75, 3.05) is 6.61 Å². The zero-order chi connectivity index (χ0) is 15.6. The summed E-state index contributed by atoms with van der Waals surface area (Å²) < 4.78 is 5.59. The number of carbonyl (C=O) groups excluding carboxylic acids is 2. The monoisotopic (exact) mass is 296 g/mol. The van der Waals surface area contributed by atoms with Crippen LogP contribution in [-0.4, -0.2) is 47.6 Å². The molecule has 1 N–H and O–H groups in total. The molecule has 1 saturated heterocycles. The highest BCUT2D eigenvalue weighted by Crippen LogP contribution is 2.33. The summed E-state index contributed by atoms with van der Waals surface area (Å²) in [6.07, 6.45) is 3.51. The van der Waals surface area contributed by atoms with Crippen LogP contribution in [0.5, 0.6) is 0 Å². The summed E-state index contributed by atoms with van der Waals surface area (Å²) >= 11 is 0. The van der Waals surface area contributed by atoms with E-state index >= 15 is 0 Å². The molecule has 0 bridgehead atoms. The van der Waals surface area contributed by atoms with Crippen LogP contribution >= 0.6 is 0 Å². The molecule has 3 atom stereocenters. The SMILES string of the molecule is CCOC1CC(N2C(=O)C(C(C)CC)NC(=O)C2CC)C1. The van der Waals surface area contributed by atoms with Crippen molar-refractivity contribution in [3.05, 3.63) is 0 Å². The van der Waals surface area contributed by atoms with E-state index in [0.717, 1.165) is 19.3 Å². The highest BCUT2D eigenvalue weighted by atomic mass is 16.5. The van der Waals surface area contributed by atoms with E-state index in [4.69, 9.17) is 4.74 Å². The largest absolute Gasteiger partial charge is 0.378 e. The topological polar surface area (TPSA) is 58.6 Å². The Bertz CT molecular complexity index is 393. The molecular weight excluding hydrogens is 268 g/mol. The molecule has 2 aliphatic rings. The molecule has 2 fully saturated rings. The van der Waals surface area contributed by atoms with Gasteiger partial charge in [0.25, 0.3) is 0 Å². The van der Waals surface area contributed by atoms with E-state index in [2.05, 4.69) is 12.2 Å². The highest BCUT2D eigenvalue weighted by molar-refractivity contribution is 5.97. The van der Waals surface area contributed by atoms with E-state index in [1.807, 2.05) is 25.7 Å². The fourth-order valence-corrected chi connectivity index (χ4v) is 3.33. The van der Waals surface area contributed by atoms with Crippen LogP contribution in [0.2, 0.25) is 0 Å². The number of carbonyl (C=O) groups is 2. The van der Waals surface area contributed by atoms with Crippen LogP contribution in [0.15, 0.2) is 0 Å². The van der Waals surface area contributed by atoms with E-state index < -0.39 is 0 Å². The average molecular weight is 296 g/mol. The number of nitrogens with one attached hydrogen (secondary N) is 1. The van der Waals surface area contributed by atoms with Gasteiger partial charge in [-0.15, -0.1) is 0 Å². The number of nitrogens with zero attached hydrogens (tertiary/aromatic N) is 1. The van der Waals surface area contributed by atoms with Gasteiger partial charge in [-0.2, -0.15) is 0 Å². The summed E-state index contributed by atoms with van der Waals surface area (Å²) in [5, 5.41) is 2.93. The second kappa shape index (κ2) is 6.77. The van der Waals surface area contributed by atoms with Crippen LogP contribution in [0.3, 0.4) is 0 Å². The lowest BCUT2D eigenvalue weighted by molar-refractivity contribution is -0.160. The van der Waals surface area contributed by atoms with Crippen molar-refractivity contribution in [3.63, 3.8) is 0 Å². The van der Waals surface area contributed by atoms with Gasteiger partial charge in [0.05, 0.1) is 6.10 Å². The molecule has 1 aliphatic carbocycles. The third-order valence-electron chi connectivity index (χ3n) is 4.92. The molecule has 21 heavy (non-hydrogen) atoms. The molecule has 2 amide bonds. The van der Waals surface area contributed by atoms with E-state index in [1.165, 1.54) is 0 Å². The average Bonchev–Trinajstić information content (AvgIpc) is 2.43. The first-order valence-corrected chi connectivity index (χ1v) is 8.27. The minimum atomic E-state index is -0.364. The molecule has 0 aromatic carbocycles. The van der Waals surface area contributed by atoms with Gasteiger partial charge in [0.15, 0.2) is 0 Å². The van der Waals surface area contributed by atoms with Gasteiger partial charge in [0, 0.05) is 12.6 Å². The van der Waals surface area contributed by atoms with E-state index in [1.54, 1.807) is 0 Å². The van der Waals surface area contributed by atoms with Crippen molar-refractivity contribution in [2.24, 2.45) is 5.92 Å². The van der Waals surface area contributed by atoms with E-state index in [-0.39, 0.29) is 42.0 Å². The number of piperazine rings is 1. The fourth-order valence-electron chi connectivity index (χ4n) is 3.33. The maximum Gasteiger partial charge on any atom is 0.246 e. The maximum atomic E-state index is 12.8. The standard InChI is InChI=1S/C16H28N2O3/c1-5-10(4)14-16(20)18(13(6-2)15(19)17-14)11-8-12(9-11)21-7-3/h10-14H,5-9H2,1-4H3,(H,17,19). The summed E-state index contributed by atoms with van der Waals surface area (Å²) in [7, 11) is 0. The third kappa shape index (κ3) is 3.07. The Morgan fingerprint density at radius 2 is 1.95 bits per heavy atom. The van der Waals surface area contributed by atoms with Crippen LogP contribution in [0.25, 0.3) is 0 Å². The van der Waals surface area contributed by atoms with E-state index in [0.29, 0.717) is 13.0 Å². The predicted molar refractivity (Wildman–Crippen MR) is 80.7 cm³/mol. The number of amides is 2. The molecule has 120 valence electrons. The second-order valence-corrected chi connectivity index (χ2v) is 6.24. The van der Waals surface area contributed by atoms with Crippen LogP contribution in [0.1, 0.15) is 53.4 Å². The maximum absolute atomic E-state index is 12.8. The van der Waals surface area contributed by atoms with Gasteiger partial charge in [-0.05, 0) is 32.1 Å². The summed E-state index contributed by atoms with van der Waals surface area (Å²) in [6.45, 7) is 8.73. The summed E-state index contributed by atoms with van der Waals surface area (Å²) in [5.41, 5.74) is 0. The van der Waals surface area contributed by atoms with Gasteiger partial charge in [-0.1, -0.05) is 27.2 Å². The molecule has 2 rings (SSSR count). The van der Waals surface area contributed by atoms with Crippen molar-refractivity contribution in [2.45, 2.75) is 77.6 Å². The lowest BCUT2D eigenvalue weighted by Gasteiger charge is -2.49. The Labute approximate surface area is 127 Å². The molecule has 0 radical (unpaired) electrons. The first-order chi connectivity index (χ1) is 10.0. The third-order valence-corrected chi connectivity index (χ3v) is 4.92. The van der Waals surface area contributed by atoms with Gasteiger partial charge in [-0.3, -0.25) is 9.59 Å². The minimum Gasteiger partial charge on any atom is -0.378 e. The summed E-state index contributed by atoms with van der Waals surface area (Å²) in [5.74, 6) is 0.266. The zero-order valence-electron chi connectivity index (χ0n) is 13.6. The normalized spacial score (nSPS) is 34.4. The highest BCUT2D eigenvalue weighted by Gasteiger charge is 2.47. The van der Waals surface area contributed by atoms with Gasteiger partial charge in [0.2, 0.25) is 11.8 Å². The minimum absolute atomic E-state index is 0.00209. The second-order valence-electron chi connectivity index (χ2n) is 6.24. The first kappa shape index (κ1) is 16.3. The van der Waals surface area contributed by atoms with Crippen molar-refractivity contribution in [1.29, 1.82) is 0 Å². The number of ether oxygens (including phenoxy) is 1. The Hall–Kier alpha value is -1.10. The smallest absolute Gasteiger partial charge is 0.246 e. The lowest BCUT2D eigenvalue weighted by Crippen LogP contribution is -2.69. The molecule has 0 spiro atoms. The molecule has 1 saturated carbocycles. The van der Waals surface area contributed by atoms with Gasteiger partial charge in [-0.25, -0.2) is 0 Å². The number of hydrogen-bond donors (Lipinski definition) is 1. The Morgan fingerprint density at radius 3 is 2.48 bits per heavy atom. The molecule has 5 heteroatoms. The van der Waals surface area contributed by atoms with Crippen LogP contribution in [0.4, 0.5) is 0 Å². The van der Waals surface area contributed by atoms with Gasteiger partial charge < -0.3 is 15.0 Å².